The molecule has 0 spiro atoms. The maximum absolute atomic E-state index is 9.40. The molecule has 0 radical (unpaired) electrons. The highest BCUT2D eigenvalue weighted by Crippen LogP contribution is 2.38. The molecule has 0 saturated heterocycles. The molecular formula is C19H29NO. The topological polar surface area (TPSA) is 33.0 Å². The van der Waals surface area contributed by atoms with E-state index in [0.717, 1.165) is 18.6 Å². The second-order valence-electron chi connectivity index (χ2n) is 7.83. The zero-order valence-corrected chi connectivity index (χ0v) is 14.6. The number of rotatable bonds is 5. The van der Waals surface area contributed by atoms with Gasteiger partial charge in [-0.2, -0.15) is 5.26 Å². The van der Waals surface area contributed by atoms with Crippen LogP contribution in [0.5, 0.6) is 5.75 Å². The third-order valence-corrected chi connectivity index (χ3v) is 3.94. The minimum absolute atomic E-state index is 0.0270. The minimum Gasteiger partial charge on any atom is -0.488 e. The maximum atomic E-state index is 9.40. The number of ether oxygens (including phenoxy) is 1. The lowest BCUT2D eigenvalue weighted by atomic mass is 9.70. The molecule has 0 saturated carbocycles. The van der Waals surface area contributed by atoms with Crippen molar-refractivity contribution >= 4 is 0 Å². The lowest BCUT2D eigenvalue weighted by Crippen LogP contribution is -2.27. The smallest absolute Gasteiger partial charge is 0.120 e. The van der Waals surface area contributed by atoms with Gasteiger partial charge in [0.25, 0.3) is 0 Å². The van der Waals surface area contributed by atoms with Crippen molar-refractivity contribution < 1.29 is 4.74 Å². The summed E-state index contributed by atoms with van der Waals surface area (Å²) >= 11 is 0. The summed E-state index contributed by atoms with van der Waals surface area (Å²) < 4.78 is 5.86. The summed E-state index contributed by atoms with van der Waals surface area (Å²) in [7, 11) is 0. The molecule has 0 N–H and O–H groups in total. The van der Waals surface area contributed by atoms with E-state index in [1.807, 2.05) is 39.8 Å². The molecule has 21 heavy (non-hydrogen) atoms. The summed E-state index contributed by atoms with van der Waals surface area (Å²) in [6.45, 7) is 14.7. The molecule has 0 bridgehead atoms. The number of hydrogen-bond acceptors (Lipinski definition) is 2. The van der Waals surface area contributed by atoms with E-state index in [4.69, 9.17) is 4.74 Å². The van der Waals surface area contributed by atoms with E-state index in [0.29, 0.717) is 0 Å². The highest BCUT2D eigenvalue weighted by molar-refractivity contribution is 5.32. The van der Waals surface area contributed by atoms with Crippen molar-refractivity contribution in [3.63, 3.8) is 0 Å². The first-order valence-corrected chi connectivity index (χ1v) is 7.72. The Bertz CT molecular complexity index is 502. The van der Waals surface area contributed by atoms with Gasteiger partial charge in [0.05, 0.1) is 11.5 Å². The highest BCUT2D eigenvalue weighted by Gasteiger charge is 2.32. The number of hydrogen-bond donors (Lipinski definition) is 0. The third-order valence-electron chi connectivity index (χ3n) is 3.94. The Morgan fingerprint density at radius 3 is 1.90 bits per heavy atom. The van der Waals surface area contributed by atoms with Gasteiger partial charge in [0.15, 0.2) is 0 Å². The van der Waals surface area contributed by atoms with Crippen molar-refractivity contribution in [1.82, 2.24) is 0 Å². The molecule has 2 nitrogen and oxygen atoms in total. The Morgan fingerprint density at radius 2 is 1.52 bits per heavy atom. The molecule has 1 aromatic rings. The fourth-order valence-corrected chi connectivity index (χ4v) is 2.65. The Hall–Kier alpha value is -1.49. The molecule has 0 aliphatic rings. The normalized spacial score (nSPS) is 15.1. The fraction of sp³-hybridized carbons (Fsp3) is 0.632. The number of benzene rings is 1. The molecule has 1 rings (SSSR count). The molecule has 0 aromatic heterocycles. The molecule has 1 unspecified atom stereocenters. The summed E-state index contributed by atoms with van der Waals surface area (Å²) in [5.41, 5.74) is 0.766. The van der Waals surface area contributed by atoms with E-state index in [-0.39, 0.29) is 16.4 Å². The largest absolute Gasteiger partial charge is 0.488 e. The number of nitriles is 1. The van der Waals surface area contributed by atoms with Crippen LogP contribution in [-0.2, 0) is 5.41 Å². The van der Waals surface area contributed by atoms with Crippen molar-refractivity contribution in [3.05, 3.63) is 29.8 Å². The van der Waals surface area contributed by atoms with Crippen LogP contribution in [0, 0.1) is 16.7 Å². The fourth-order valence-electron chi connectivity index (χ4n) is 2.65. The maximum Gasteiger partial charge on any atom is 0.120 e. The van der Waals surface area contributed by atoms with E-state index >= 15 is 0 Å². The van der Waals surface area contributed by atoms with Crippen LogP contribution >= 0.6 is 0 Å². The van der Waals surface area contributed by atoms with E-state index < -0.39 is 0 Å². The second-order valence-corrected chi connectivity index (χ2v) is 7.83. The minimum atomic E-state index is -0.274. The van der Waals surface area contributed by atoms with Crippen LogP contribution in [0.2, 0.25) is 0 Å². The average molecular weight is 287 g/mol. The lowest BCUT2D eigenvalue weighted by molar-refractivity contribution is 0.131. The molecular weight excluding hydrogens is 258 g/mol. The average Bonchev–Trinajstić information content (AvgIpc) is 2.37. The van der Waals surface area contributed by atoms with Gasteiger partial charge in [-0.15, -0.1) is 0 Å². The van der Waals surface area contributed by atoms with Gasteiger partial charge >= 0.3 is 0 Å². The van der Waals surface area contributed by atoms with Crippen LogP contribution in [-0.4, -0.2) is 5.60 Å². The van der Waals surface area contributed by atoms with Gasteiger partial charge in [0.2, 0.25) is 0 Å². The van der Waals surface area contributed by atoms with Crippen molar-refractivity contribution in [1.29, 1.82) is 5.26 Å². The van der Waals surface area contributed by atoms with Crippen molar-refractivity contribution in [3.8, 4) is 11.8 Å². The summed E-state index contributed by atoms with van der Waals surface area (Å²) in [6, 6.07) is 10.8. The lowest BCUT2D eigenvalue weighted by Gasteiger charge is -2.33. The van der Waals surface area contributed by atoms with Gasteiger partial charge < -0.3 is 4.74 Å². The summed E-state index contributed by atoms with van der Waals surface area (Å²) in [6.07, 6.45) is 1.73. The van der Waals surface area contributed by atoms with Gasteiger partial charge in [-0.1, -0.05) is 32.9 Å². The first-order chi connectivity index (χ1) is 9.51. The van der Waals surface area contributed by atoms with Crippen LogP contribution in [0.4, 0.5) is 0 Å². The van der Waals surface area contributed by atoms with Crippen molar-refractivity contribution in [2.75, 3.05) is 0 Å². The predicted molar refractivity (Wildman–Crippen MR) is 88.5 cm³/mol. The molecule has 116 valence electrons. The molecule has 1 aromatic carbocycles. The summed E-state index contributed by atoms with van der Waals surface area (Å²) in [5.74, 6) is 0.889. The molecule has 0 fully saturated rings. The predicted octanol–water partition coefficient (Wildman–Crippen LogP) is 5.47. The molecule has 2 heteroatoms. The number of nitrogens with zero attached hydrogens (tertiary/aromatic N) is 1. The Labute approximate surface area is 130 Å². The summed E-state index contributed by atoms with van der Waals surface area (Å²) in [4.78, 5) is 0. The first kappa shape index (κ1) is 17.6. The van der Waals surface area contributed by atoms with Crippen LogP contribution < -0.4 is 4.74 Å². The van der Waals surface area contributed by atoms with E-state index in [1.165, 1.54) is 5.56 Å². The highest BCUT2D eigenvalue weighted by atomic mass is 16.5. The Morgan fingerprint density at radius 1 is 1.00 bits per heavy atom. The van der Waals surface area contributed by atoms with E-state index in [9.17, 15) is 5.26 Å². The third kappa shape index (κ3) is 5.08. The molecule has 0 aliphatic carbocycles. The quantitative estimate of drug-likeness (QED) is 0.719. The van der Waals surface area contributed by atoms with Crippen LogP contribution in [0.25, 0.3) is 0 Å². The second kappa shape index (κ2) is 6.10. The monoisotopic (exact) mass is 287 g/mol. The van der Waals surface area contributed by atoms with Gasteiger partial charge in [-0.05, 0) is 63.6 Å². The van der Waals surface area contributed by atoms with E-state index in [2.05, 4.69) is 39.0 Å². The zero-order valence-electron chi connectivity index (χ0n) is 14.6. The SMILES string of the molecule is CCC(C)(C#N)CC(C)(C)c1ccc(OC(C)(C)C)cc1. The van der Waals surface area contributed by atoms with Crippen molar-refractivity contribution in [2.24, 2.45) is 5.41 Å². The van der Waals surface area contributed by atoms with Crippen LogP contribution in [0.1, 0.15) is 66.9 Å². The van der Waals surface area contributed by atoms with Crippen molar-refractivity contribution in [2.45, 2.75) is 72.3 Å². The van der Waals surface area contributed by atoms with Crippen LogP contribution in [0.15, 0.2) is 24.3 Å². The Balaban J connectivity index is 2.92. The standard InChI is InChI=1S/C19H29NO/c1-8-19(7,14-20)13-18(5,6)15-9-11-16(12-10-15)21-17(2,3)4/h9-12H,8,13H2,1-7H3. The van der Waals surface area contributed by atoms with Gasteiger partial charge in [0.1, 0.15) is 11.4 Å². The molecule has 0 aliphatic heterocycles. The van der Waals surface area contributed by atoms with Gasteiger partial charge in [-0.3, -0.25) is 0 Å². The molecule has 0 heterocycles. The zero-order chi connectivity index (χ0) is 16.3. The molecule has 0 amide bonds. The van der Waals surface area contributed by atoms with Gasteiger partial charge in [-0.25, -0.2) is 0 Å². The van der Waals surface area contributed by atoms with E-state index in [1.54, 1.807) is 0 Å². The summed E-state index contributed by atoms with van der Waals surface area (Å²) in [5, 5.41) is 9.40. The van der Waals surface area contributed by atoms with Crippen LogP contribution in [0.3, 0.4) is 0 Å². The Kier molecular flexibility index (Phi) is 5.10. The molecule has 1 atom stereocenters. The van der Waals surface area contributed by atoms with Gasteiger partial charge in [0, 0.05) is 0 Å². The first-order valence-electron chi connectivity index (χ1n) is 7.72.